The van der Waals surface area contributed by atoms with Crippen molar-refractivity contribution in [1.29, 1.82) is 0 Å². The zero-order chi connectivity index (χ0) is 14.7. The third-order valence-corrected chi connectivity index (χ3v) is 4.73. The van der Waals surface area contributed by atoms with Crippen LogP contribution in [0.5, 0.6) is 0 Å². The molecule has 4 heteroatoms. The van der Waals surface area contributed by atoms with Crippen LogP contribution in [0.4, 0.5) is 4.79 Å². The Morgan fingerprint density at radius 1 is 1.29 bits per heavy atom. The number of aliphatic hydroxyl groups is 1. The quantitative estimate of drug-likeness (QED) is 0.878. The van der Waals surface area contributed by atoms with Crippen LogP contribution in [0.1, 0.15) is 42.9 Å². The molecule has 2 unspecified atom stereocenters. The molecule has 0 aromatic heterocycles. The number of carbonyl (C=O) groups is 1. The van der Waals surface area contributed by atoms with Crippen LogP contribution in [-0.2, 0) is 6.42 Å². The molecule has 1 aliphatic carbocycles. The van der Waals surface area contributed by atoms with Crippen molar-refractivity contribution in [3.8, 4) is 0 Å². The van der Waals surface area contributed by atoms with E-state index < -0.39 is 0 Å². The van der Waals surface area contributed by atoms with Gasteiger partial charge in [-0.15, -0.1) is 0 Å². The summed E-state index contributed by atoms with van der Waals surface area (Å²) in [5, 5.41) is 12.5. The molecule has 1 fully saturated rings. The Morgan fingerprint density at radius 2 is 2.14 bits per heavy atom. The van der Waals surface area contributed by atoms with Crippen LogP contribution in [0.25, 0.3) is 0 Å². The highest BCUT2D eigenvalue weighted by molar-refractivity contribution is 5.75. The lowest BCUT2D eigenvalue weighted by molar-refractivity contribution is 0.127. The number of rotatable bonds is 2. The number of carbonyl (C=O) groups excluding carboxylic acids is 1. The SMILES string of the molecule is O=C(NC1CCCc2ccccc21)N1CCCC(CO)C1. The summed E-state index contributed by atoms with van der Waals surface area (Å²) < 4.78 is 0. The van der Waals surface area contributed by atoms with Crippen molar-refractivity contribution < 1.29 is 9.90 Å². The number of nitrogens with zero attached hydrogens (tertiary/aromatic N) is 1. The van der Waals surface area contributed by atoms with E-state index in [0.717, 1.165) is 38.6 Å². The summed E-state index contributed by atoms with van der Waals surface area (Å²) in [6.07, 6.45) is 5.26. The summed E-state index contributed by atoms with van der Waals surface area (Å²) >= 11 is 0. The lowest BCUT2D eigenvalue weighted by Crippen LogP contribution is -2.47. The summed E-state index contributed by atoms with van der Waals surface area (Å²) in [5.41, 5.74) is 2.63. The van der Waals surface area contributed by atoms with Gasteiger partial charge < -0.3 is 15.3 Å². The largest absolute Gasteiger partial charge is 0.396 e. The van der Waals surface area contributed by atoms with E-state index in [1.807, 2.05) is 11.0 Å². The van der Waals surface area contributed by atoms with E-state index in [-0.39, 0.29) is 24.6 Å². The Hall–Kier alpha value is -1.55. The van der Waals surface area contributed by atoms with Gasteiger partial charge in [0.2, 0.25) is 0 Å². The predicted molar refractivity (Wildman–Crippen MR) is 82.0 cm³/mol. The molecule has 21 heavy (non-hydrogen) atoms. The minimum absolute atomic E-state index is 0.0230. The van der Waals surface area contributed by atoms with Gasteiger partial charge in [0.1, 0.15) is 0 Å². The molecule has 2 N–H and O–H groups in total. The van der Waals surface area contributed by atoms with Crippen molar-refractivity contribution in [1.82, 2.24) is 10.2 Å². The molecule has 2 amide bonds. The number of nitrogens with one attached hydrogen (secondary N) is 1. The number of fused-ring (bicyclic) bond motifs is 1. The van der Waals surface area contributed by atoms with Gasteiger partial charge in [-0.2, -0.15) is 0 Å². The van der Waals surface area contributed by atoms with Gasteiger partial charge in [-0.3, -0.25) is 0 Å². The van der Waals surface area contributed by atoms with Gasteiger partial charge in [-0.25, -0.2) is 4.79 Å². The van der Waals surface area contributed by atoms with Gasteiger partial charge in [-0.1, -0.05) is 24.3 Å². The molecule has 0 bridgehead atoms. The number of benzene rings is 1. The number of hydrogen-bond acceptors (Lipinski definition) is 2. The second-order valence-corrected chi connectivity index (χ2v) is 6.23. The van der Waals surface area contributed by atoms with E-state index in [9.17, 15) is 9.90 Å². The number of amides is 2. The Labute approximate surface area is 126 Å². The molecule has 1 saturated heterocycles. The van der Waals surface area contributed by atoms with Crippen molar-refractivity contribution in [3.05, 3.63) is 35.4 Å². The standard InChI is InChI=1S/C17H24N2O2/c20-12-13-5-4-10-19(11-13)17(21)18-16-9-3-7-14-6-1-2-8-15(14)16/h1-2,6,8,13,16,20H,3-5,7,9-12H2,(H,18,21). The predicted octanol–water partition coefficient (Wildman–Crippen LogP) is 2.48. The van der Waals surface area contributed by atoms with E-state index >= 15 is 0 Å². The van der Waals surface area contributed by atoms with Crippen molar-refractivity contribution in [2.75, 3.05) is 19.7 Å². The molecule has 1 aromatic rings. The van der Waals surface area contributed by atoms with E-state index in [2.05, 4.69) is 23.5 Å². The van der Waals surface area contributed by atoms with Crippen LogP contribution in [0, 0.1) is 5.92 Å². The third kappa shape index (κ3) is 3.21. The molecule has 1 heterocycles. The van der Waals surface area contributed by atoms with Crippen LogP contribution < -0.4 is 5.32 Å². The molecule has 1 aromatic carbocycles. The molecular weight excluding hydrogens is 264 g/mol. The number of hydrogen-bond donors (Lipinski definition) is 2. The average Bonchev–Trinajstić information content (AvgIpc) is 2.55. The zero-order valence-corrected chi connectivity index (χ0v) is 12.4. The number of aryl methyl sites for hydroxylation is 1. The maximum atomic E-state index is 12.5. The highest BCUT2D eigenvalue weighted by atomic mass is 16.3. The molecule has 3 rings (SSSR count). The van der Waals surface area contributed by atoms with Gasteiger partial charge >= 0.3 is 6.03 Å². The Bertz CT molecular complexity index is 503. The first kappa shape index (κ1) is 14.4. The second kappa shape index (κ2) is 6.48. The highest BCUT2D eigenvalue weighted by Gasteiger charge is 2.27. The second-order valence-electron chi connectivity index (χ2n) is 6.23. The number of urea groups is 1. The zero-order valence-electron chi connectivity index (χ0n) is 12.4. The molecule has 2 aliphatic rings. The first-order valence-electron chi connectivity index (χ1n) is 8.02. The molecule has 0 spiro atoms. The first-order valence-corrected chi connectivity index (χ1v) is 8.02. The average molecular weight is 288 g/mol. The maximum absolute atomic E-state index is 12.5. The number of piperidine rings is 1. The van der Waals surface area contributed by atoms with E-state index in [0.29, 0.717) is 6.54 Å². The summed E-state index contributed by atoms with van der Waals surface area (Å²) in [6, 6.07) is 8.57. The van der Waals surface area contributed by atoms with Gasteiger partial charge in [0, 0.05) is 19.7 Å². The van der Waals surface area contributed by atoms with Crippen molar-refractivity contribution in [2.45, 2.75) is 38.1 Å². The molecule has 0 radical (unpaired) electrons. The number of likely N-dealkylation sites (tertiary alicyclic amines) is 1. The molecule has 114 valence electrons. The molecule has 2 atom stereocenters. The van der Waals surface area contributed by atoms with Crippen LogP contribution in [-0.4, -0.2) is 35.7 Å². The third-order valence-electron chi connectivity index (χ3n) is 4.73. The summed E-state index contributed by atoms with van der Waals surface area (Å²) in [6.45, 7) is 1.66. The van der Waals surface area contributed by atoms with Crippen molar-refractivity contribution >= 4 is 6.03 Å². The Balaban J connectivity index is 1.65. The molecule has 4 nitrogen and oxygen atoms in total. The van der Waals surface area contributed by atoms with Crippen LogP contribution >= 0.6 is 0 Å². The van der Waals surface area contributed by atoms with Crippen molar-refractivity contribution in [3.63, 3.8) is 0 Å². The smallest absolute Gasteiger partial charge is 0.317 e. The fourth-order valence-electron chi connectivity index (χ4n) is 3.54. The van der Waals surface area contributed by atoms with Crippen LogP contribution in [0.2, 0.25) is 0 Å². The summed E-state index contributed by atoms with van der Waals surface area (Å²) in [7, 11) is 0. The highest BCUT2D eigenvalue weighted by Crippen LogP contribution is 2.29. The van der Waals surface area contributed by atoms with E-state index in [4.69, 9.17) is 0 Å². The first-order chi connectivity index (χ1) is 10.3. The number of aliphatic hydroxyl groups excluding tert-OH is 1. The molecule has 1 aliphatic heterocycles. The van der Waals surface area contributed by atoms with Gasteiger partial charge in [0.05, 0.1) is 6.04 Å². The Morgan fingerprint density at radius 3 is 3.00 bits per heavy atom. The summed E-state index contributed by atoms with van der Waals surface area (Å²) in [4.78, 5) is 14.3. The lowest BCUT2D eigenvalue weighted by Gasteiger charge is -2.34. The fourth-order valence-corrected chi connectivity index (χ4v) is 3.54. The Kier molecular flexibility index (Phi) is 4.44. The molecular formula is C17H24N2O2. The molecule has 0 saturated carbocycles. The van der Waals surface area contributed by atoms with Crippen LogP contribution in [0.15, 0.2) is 24.3 Å². The maximum Gasteiger partial charge on any atom is 0.317 e. The minimum atomic E-state index is 0.0230. The van der Waals surface area contributed by atoms with E-state index in [1.165, 1.54) is 11.1 Å². The van der Waals surface area contributed by atoms with Gasteiger partial charge in [0.15, 0.2) is 0 Å². The van der Waals surface area contributed by atoms with E-state index in [1.54, 1.807) is 0 Å². The monoisotopic (exact) mass is 288 g/mol. The minimum Gasteiger partial charge on any atom is -0.396 e. The lowest BCUT2D eigenvalue weighted by atomic mass is 9.88. The normalized spacial score (nSPS) is 25.3. The van der Waals surface area contributed by atoms with Crippen molar-refractivity contribution in [2.24, 2.45) is 5.92 Å². The van der Waals surface area contributed by atoms with Crippen LogP contribution in [0.3, 0.4) is 0 Å². The fraction of sp³-hybridized carbons (Fsp3) is 0.588. The van der Waals surface area contributed by atoms with Gasteiger partial charge in [0.25, 0.3) is 0 Å². The summed E-state index contributed by atoms with van der Waals surface area (Å²) in [5.74, 6) is 0.239. The topological polar surface area (TPSA) is 52.6 Å². The van der Waals surface area contributed by atoms with Gasteiger partial charge in [-0.05, 0) is 49.1 Å².